The SMILES string of the molecule is COc1ccc(Br)cc1S(=O)(=O)NCCN1CCN(c2ccccc2)CC1. The van der Waals surface area contributed by atoms with Crippen molar-refractivity contribution in [3.63, 3.8) is 0 Å². The molecule has 1 aliphatic heterocycles. The molecule has 2 aromatic carbocycles. The van der Waals surface area contributed by atoms with Gasteiger partial charge < -0.3 is 9.64 Å². The van der Waals surface area contributed by atoms with Gasteiger partial charge in [0, 0.05) is 49.4 Å². The second kappa shape index (κ2) is 9.05. The van der Waals surface area contributed by atoms with Crippen LogP contribution >= 0.6 is 15.9 Å². The van der Waals surface area contributed by atoms with Crippen LogP contribution < -0.4 is 14.4 Å². The predicted octanol–water partition coefficient (Wildman–Crippen LogP) is 2.56. The Morgan fingerprint density at radius 2 is 1.78 bits per heavy atom. The molecule has 2 aromatic rings. The van der Waals surface area contributed by atoms with Gasteiger partial charge in [0.2, 0.25) is 10.0 Å². The smallest absolute Gasteiger partial charge is 0.244 e. The van der Waals surface area contributed by atoms with Crippen molar-refractivity contribution in [2.75, 3.05) is 51.3 Å². The Morgan fingerprint density at radius 3 is 2.44 bits per heavy atom. The van der Waals surface area contributed by atoms with Crippen molar-refractivity contribution < 1.29 is 13.2 Å². The number of hydrogen-bond acceptors (Lipinski definition) is 5. The molecule has 3 rings (SSSR count). The van der Waals surface area contributed by atoms with Crippen LogP contribution in [0.2, 0.25) is 0 Å². The molecule has 146 valence electrons. The van der Waals surface area contributed by atoms with E-state index in [9.17, 15) is 8.42 Å². The standard InChI is InChI=1S/C19H24BrN3O3S/c1-26-18-8-7-16(20)15-19(18)27(24,25)21-9-10-22-11-13-23(14-12-22)17-5-3-2-4-6-17/h2-8,15,21H,9-14H2,1H3. The van der Waals surface area contributed by atoms with Crippen molar-refractivity contribution >= 4 is 31.6 Å². The van der Waals surface area contributed by atoms with Gasteiger partial charge in [-0.15, -0.1) is 0 Å². The Balaban J connectivity index is 1.51. The molecule has 0 radical (unpaired) electrons. The molecule has 0 amide bonds. The Labute approximate surface area is 169 Å². The van der Waals surface area contributed by atoms with Crippen LogP contribution in [-0.2, 0) is 10.0 Å². The van der Waals surface area contributed by atoms with Crippen LogP contribution in [0, 0.1) is 0 Å². The minimum atomic E-state index is -3.62. The summed E-state index contributed by atoms with van der Waals surface area (Å²) in [7, 11) is -2.16. The molecule has 1 aliphatic rings. The van der Waals surface area contributed by atoms with Gasteiger partial charge in [0.25, 0.3) is 0 Å². The van der Waals surface area contributed by atoms with E-state index >= 15 is 0 Å². The molecule has 6 nitrogen and oxygen atoms in total. The van der Waals surface area contributed by atoms with Crippen molar-refractivity contribution in [1.29, 1.82) is 0 Å². The van der Waals surface area contributed by atoms with Crippen molar-refractivity contribution in [1.82, 2.24) is 9.62 Å². The highest BCUT2D eigenvalue weighted by atomic mass is 79.9. The maximum Gasteiger partial charge on any atom is 0.244 e. The third kappa shape index (κ3) is 5.22. The van der Waals surface area contributed by atoms with Crippen molar-refractivity contribution in [2.45, 2.75) is 4.90 Å². The van der Waals surface area contributed by atoms with Crippen LogP contribution in [0.5, 0.6) is 5.75 Å². The molecular weight excluding hydrogens is 430 g/mol. The van der Waals surface area contributed by atoms with Gasteiger partial charge in [-0.1, -0.05) is 34.1 Å². The van der Waals surface area contributed by atoms with E-state index in [0.29, 0.717) is 23.3 Å². The van der Waals surface area contributed by atoms with E-state index in [0.717, 1.165) is 26.2 Å². The molecular formula is C19H24BrN3O3S. The monoisotopic (exact) mass is 453 g/mol. The van der Waals surface area contributed by atoms with Crippen LogP contribution in [-0.4, -0.2) is 59.7 Å². The first kappa shape index (κ1) is 20.1. The number of benzene rings is 2. The molecule has 1 heterocycles. The Kier molecular flexibility index (Phi) is 6.75. The fraction of sp³-hybridized carbons (Fsp3) is 0.368. The third-order valence-electron chi connectivity index (χ3n) is 4.63. The van der Waals surface area contributed by atoms with Gasteiger partial charge in [-0.05, 0) is 30.3 Å². The molecule has 0 unspecified atom stereocenters. The van der Waals surface area contributed by atoms with Crippen LogP contribution in [0.25, 0.3) is 0 Å². The van der Waals surface area contributed by atoms with Gasteiger partial charge >= 0.3 is 0 Å². The lowest BCUT2D eigenvalue weighted by Gasteiger charge is -2.36. The van der Waals surface area contributed by atoms with E-state index in [1.807, 2.05) is 18.2 Å². The zero-order valence-electron chi connectivity index (χ0n) is 15.3. The van der Waals surface area contributed by atoms with Crippen LogP contribution in [0.1, 0.15) is 0 Å². The second-order valence-corrected chi connectivity index (χ2v) is 9.01. The fourth-order valence-corrected chi connectivity index (χ4v) is 4.87. The maximum absolute atomic E-state index is 12.6. The van der Waals surface area contributed by atoms with Crippen molar-refractivity contribution in [3.8, 4) is 5.75 Å². The first-order valence-corrected chi connectivity index (χ1v) is 11.1. The lowest BCUT2D eigenvalue weighted by Crippen LogP contribution is -2.48. The summed E-state index contributed by atoms with van der Waals surface area (Å²) in [6.45, 7) is 4.75. The van der Waals surface area contributed by atoms with E-state index in [1.165, 1.54) is 12.8 Å². The molecule has 1 fully saturated rings. The van der Waals surface area contributed by atoms with Gasteiger partial charge in [-0.25, -0.2) is 13.1 Å². The lowest BCUT2D eigenvalue weighted by molar-refractivity contribution is 0.262. The number of nitrogens with zero attached hydrogens (tertiary/aromatic N) is 2. The average Bonchev–Trinajstić information content (AvgIpc) is 2.69. The molecule has 8 heteroatoms. The van der Waals surface area contributed by atoms with Crippen LogP contribution in [0.3, 0.4) is 0 Å². The highest BCUT2D eigenvalue weighted by Crippen LogP contribution is 2.27. The van der Waals surface area contributed by atoms with Gasteiger partial charge in [-0.3, -0.25) is 4.90 Å². The summed E-state index contributed by atoms with van der Waals surface area (Å²) in [6, 6.07) is 15.3. The molecule has 0 spiro atoms. The van der Waals surface area contributed by atoms with Crippen molar-refractivity contribution in [2.24, 2.45) is 0 Å². The number of hydrogen-bond donors (Lipinski definition) is 1. The number of anilines is 1. The first-order chi connectivity index (χ1) is 13.0. The van der Waals surface area contributed by atoms with Gasteiger partial charge in [-0.2, -0.15) is 0 Å². The van der Waals surface area contributed by atoms with Crippen LogP contribution in [0.4, 0.5) is 5.69 Å². The molecule has 0 atom stereocenters. The molecule has 0 bridgehead atoms. The summed E-state index contributed by atoms with van der Waals surface area (Å²) in [5, 5.41) is 0. The van der Waals surface area contributed by atoms with E-state index in [4.69, 9.17) is 4.74 Å². The topological polar surface area (TPSA) is 61.9 Å². The quantitative estimate of drug-likeness (QED) is 0.697. The number of halogens is 1. The summed E-state index contributed by atoms with van der Waals surface area (Å²) in [6.07, 6.45) is 0. The van der Waals surface area contributed by atoms with Crippen LogP contribution in [0.15, 0.2) is 57.9 Å². The second-order valence-electron chi connectivity index (χ2n) is 6.36. The Hall–Kier alpha value is -1.61. The molecule has 1 saturated heterocycles. The maximum atomic E-state index is 12.6. The summed E-state index contributed by atoms with van der Waals surface area (Å²) < 4.78 is 33.8. The molecule has 0 aromatic heterocycles. The normalized spacial score (nSPS) is 15.7. The average molecular weight is 454 g/mol. The predicted molar refractivity (Wildman–Crippen MR) is 111 cm³/mol. The van der Waals surface area contributed by atoms with Gasteiger partial charge in [0.05, 0.1) is 7.11 Å². The van der Waals surface area contributed by atoms with Gasteiger partial charge in [0.1, 0.15) is 10.6 Å². The largest absolute Gasteiger partial charge is 0.495 e. The molecule has 0 saturated carbocycles. The number of piperazine rings is 1. The summed E-state index contributed by atoms with van der Waals surface area (Å²) in [4.78, 5) is 4.78. The highest BCUT2D eigenvalue weighted by Gasteiger charge is 2.21. The minimum Gasteiger partial charge on any atom is -0.495 e. The number of ether oxygens (including phenoxy) is 1. The number of nitrogens with one attached hydrogen (secondary N) is 1. The zero-order valence-corrected chi connectivity index (χ0v) is 17.7. The van der Waals surface area contributed by atoms with E-state index in [-0.39, 0.29) is 4.90 Å². The summed E-state index contributed by atoms with van der Waals surface area (Å²) in [5.74, 6) is 0.335. The number of rotatable bonds is 7. The van der Waals surface area contributed by atoms with E-state index in [1.54, 1.807) is 18.2 Å². The number of para-hydroxylation sites is 1. The van der Waals surface area contributed by atoms with Crippen molar-refractivity contribution in [3.05, 3.63) is 53.0 Å². The number of methoxy groups -OCH3 is 1. The Morgan fingerprint density at radius 1 is 1.07 bits per heavy atom. The molecule has 0 aliphatic carbocycles. The highest BCUT2D eigenvalue weighted by molar-refractivity contribution is 9.10. The Bertz CT molecular complexity index is 854. The lowest BCUT2D eigenvalue weighted by atomic mass is 10.2. The van der Waals surface area contributed by atoms with E-state index in [2.05, 4.69) is 42.6 Å². The molecule has 1 N–H and O–H groups in total. The summed E-state index contributed by atoms with van der Waals surface area (Å²) in [5.41, 5.74) is 1.24. The number of sulfonamides is 1. The zero-order chi connectivity index (χ0) is 19.3. The fourth-order valence-electron chi connectivity index (χ4n) is 3.14. The third-order valence-corrected chi connectivity index (χ3v) is 6.60. The first-order valence-electron chi connectivity index (χ1n) is 8.85. The van der Waals surface area contributed by atoms with E-state index < -0.39 is 10.0 Å². The van der Waals surface area contributed by atoms with Gasteiger partial charge in [0.15, 0.2) is 0 Å². The molecule has 27 heavy (non-hydrogen) atoms. The minimum absolute atomic E-state index is 0.147. The summed E-state index contributed by atoms with van der Waals surface area (Å²) >= 11 is 3.31.